The lowest BCUT2D eigenvalue weighted by atomic mass is 10.0. The number of aryl methyl sites for hydroxylation is 1. The highest BCUT2D eigenvalue weighted by Gasteiger charge is 2.39. The Morgan fingerprint density at radius 3 is 2.50 bits per heavy atom. The Balaban J connectivity index is 2.45. The van der Waals surface area contributed by atoms with Crippen molar-refractivity contribution in [2.45, 2.75) is 52.1 Å². The zero-order valence-electron chi connectivity index (χ0n) is 12.9. The lowest BCUT2D eigenvalue weighted by molar-refractivity contribution is -0.120. The smallest absolute Gasteiger partial charge is 0.229 e. The van der Waals surface area contributed by atoms with Gasteiger partial charge in [0.15, 0.2) is 0 Å². The molecule has 4 heteroatoms. The van der Waals surface area contributed by atoms with Gasteiger partial charge in [0.2, 0.25) is 5.91 Å². The van der Waals surface area contributed by atoms with E-state index in [1.807, 2.05) is 30.0 Å². The maximum Gasteiger partial charge on any atom is 0.229 e. The van der Waals surface area contributed by atoms with Crippen molar-refractivity contribution in [2.75, 3.05) is 11.4 Å². The van der Waals surface area contributed by atoms with E-state index < -0.39 is 0 Å². The van der Waals surface area contributed by atoms with E-state index >= 15 is 0 Å². The van der Waals surface area contributed by atoms with Crippen LogP contribution >= 0.6 is 15.9 Å². The van der Waals surface area contributed by atoms with E-state index in [1.165, 1.54) is 5.56 Å². The molecule has 1 N–H and O–H groups in total. The Kier molecular flexibility index (Phi) is 4.00. The largest absolute Gasteiger partial charge is 0.309 e. The molecule has 110 valence electrons. The molecule has 2 rings (SSSR count). The van der Waals surface area contributed by atoms with E-state index in [4.69, 9.17) is 0 Å². The molecule has 0 saturated carbocycles. The third-order valence-corrected chi connectivity index (χ3v) is 4.72. The zero-order chi connectivity index (χ0) is 15.1. The summed E-state index contributed by atoms with van der Waals surface area (Å²) in [6.07, 6.45) is 0.502. The van der Waals surface area contributed by atoms with Crippen LogP contribution in [0.4, 0.5) is 5.69 Å². The zero-order valence-corrected chi connectivity index (χ0v) is 14.5. The van der Waals surface area contributed by atoms with Gasteiger partial charge >= 0.3 is 0 Å². The maximum atomic E-state index is 12.7. The van der Waals surface area contributed by atoms with Crippen molar-refractivity contribution in [3.8, 4) is 0 Å². The van der Waals surface area contributed by atoms with Crippen molar-refractivity contribution in [3.05, 3.63) is 28.2 Å². The first-order chi connectivity index (χ1) is 9.12. The van der Waals surface area contributed by atoms with Gasteiger partial charge in [0.1, 0.15) is 0 Å². The second kappa shape index (κ2) is 5.15. The van der Waals surface area contributed by atoms with Crippen LogP contribution in [-0.4, -0.2) is 23.5 Å². The fourth-order valence-electron chi connectivity index (χ4n) is 2.61. The third kappa shape index (κ3) is 3.07. The highest BCUT2D eigenvalue weighted by molar-refractivity contribution is 9.10. The highest BCUT2D eigenvalue weighted by Crippen LogP contribution is 2.32. The summed E-state index contributed by atoms with van der Waals surface area (Å²) in [7, 11) is 0. The Bertz CT molecular complexity index is 537. The van der Waals surface area contributed by atoms with E-state index in [1.54, 1.807) is 0 Å². The van der Waals surface area contributed by atoms with Gasteiger partial charge in [-0.15, -0.1) is 0 Å². The normalized spacial score (nSPS) is 21.7. The van der Waals surface area contributed by atoms with Crippen molar-refractivity contribution in [1.82, 2.24) is 5.32 Å². The predicted octanol–water partition coefficient (Wildman–Crippen LogP) is 3.64. The minimum absolute atomic E-state index is 0.162. The molecule has 0 radical (unpaired) electrons. The molecule has 0 aliphatic carbocycles. The quantitative estimate of drug-likeness (QED) is 0.847. The topological polar surface area (TPSA) is 32.3 Å². The molecule has 0 atom stereocenters. The second-order valence-corrected chi connectivity index (χ2v) is 7.74. The molecule has 1 saturated heterocycles. The fourth-order valence-corrected chi connectivity index (χ4v) is 2.97. The summed E-state index contributed by atoms with van der Waals surface area (Å²) in [4.78, 5) is 14.6. The van der Waals surface area contributed by atoms with Gasteiger partial charge in [-0.05, 0) is 52.3 Å². The summed E-state index contributed by atoms with van der Waals surface area (Å²) >= 11 is 3.56. The number of halogens is 1. The van der Waals surface area contributed by atoms with Crippen molar-refractivity contribution >= 4 is 27.5 Å². The summed E-state index contributed by atoms with van der Waals surface area (Å²) in [5.41, 5.74) is 1.72. The molecule has 0 aromatic heterocycles. The maximum absolute atomic E-state index is 12.7. The molecule has 1 aliphatic rings. The summed E-state index contributed by atoms with van der Waals surface area (Å²) in [6, 6.07) is 6.11. The number of carbonyl (C=O) groups is 1. The van der Waals surface area contributed by atoms with E-state index in [0.717, 1.165) is 16.7 Å². The first kappa shape index (κ1) is 15.5. The van der Waals surface area contributed by atoms with Crippen LogP contribution in [0.2, 0.25) is 0 Å². The van der Waals surface area contributed by atoms with Gasteiger partial charge in [0.25, 0.3) is 0 Å². The predicted molar refractivity (Wildman–Crippen MR) is 87.1 cm³/mol. The average molecular weight is 339 g/mol. The lowest BCUT2D eigenvalue weighted by Gasteiger charge is -2.37. The molecule has 1 amide bonds. The molecular weight excluding hydrogens is 316 g/mol. The minimum atomic E-state index is -0.250. The number of anilines is 1. The standard InChI is InChI=1S/C16H23BrN2O/c1-11-6-7-12(8-13(11)17)19-14(20)9-15(2,3)18-10-16(19,4)5/h6-8,18H,9-10H2,1-5H3. The van der Waals surface area contributed by atoms with E-state index in [0.29, 0.717) is 6.42 Å². The van der Waals surface area contributed by atoms with Crippen LogP contribution in [0.25, 0.3) is 0 Å². The van der Waals surface area contributed by atoms with Gasteiger partial charge in [-0.2, -0.15) is 0 Å². The van der Waals surface area contributed by atoms with Gasteiger partial charge in [-0.3, -0.25) is 4.79 Å². The molecule has 3 nitrogen and oxygen atoms in total. The van der Waals surface area contributed by atoms with Gasteiger partial charge in [0.05, 0.1) is 5.54 Å². The van der Waals surface area contributed by atoms with Gasteiger partial charge in [0, 0.05) is 28.7 Å². The summed E-state index contributed by atoms with van der Waals surface area (Å²) in [6.45, 7) is 11.2. The van der Waals surface area contributed by atoms with Crippen LogP contribution in [0.15, 0.2) is 22.7 Å². The summed E-state index contributed by atoms with van der Waals surface area (Å²) in [5, 5.41) is 3.49. The number of hydrogen-bond donors (Lipinski definition) is 1. The molecule has 1 heterocycles. The highest BCUT2D eigenvalue weighted by atomic mass is 79.9. The monoisotopic (exact) mass is 338 g/mol. The molecule has 1 aliphatic heterocycles. The third-order valence-electron chi connectivity index (χ3n) is 3.86. The van der Waals surface area contributed by atoms with E-state index in [9.17, 15) is 4.79 Å². The van der Waals surface area contributed by atoms with Crippen LogP contribution < -0.4 is 10.2 Å². The fraction of sp³-hybridized carbons (Fsp3) is 0.562. The van der Waals surface area contributed by atoms with Crippen LogP contribution in [0.3, 0.4) is 0 Å². The lowest BCUT2D eigenvalue weighted by Crippen LogP contribution is -2.51. The molecule has 0 spiro atoms. The van der Waals surface area contributed by atoms with E-state index in [2.05, 4.69) is 48.9 Å². The first-order valence-corrected chi connectivity index (χ1v) is 7.76. The van der Waals surface area contributed by atoms with Crippen LogP contribution in [0, 0.1) is 6.92 Å². The van der Waals surface area contributed by atoms with Crippen molar-refractivity contribution in [1.29, 1.82) is 0 Å². The van der Waals surface area contributed by atoms with Crippen molar-refractivity contribution in [3.63, 3.8) is 0 Å². The van der Waals surface area contributed by atoms with Gasteiger partial charge in [-0.25, -0.2) is 0 Å². The molecule has 1 aromatic carbocycles. The molecular formula is C16H23BrN2O. The molecule has 20 heavy (non-hydrogen) atoms. The Hall–Kier alpha value is -0.870. The molecule has 0 unspecified atom stereocenters. The van der Waals surface area contributed by atoms with E-state index in [-0.39, 0.29) is 17.0 Å². The molecule has 0 bridgehead atoms. The van der Waals surface area contributed by atoms with Crippen LogP contribution in [-0.2, 0) is 4.79 Å². The Labute approximate surface area is 129 Å². The number of nitrogens with one attached hydrogen (secondary N) is 1. The molecule has 1 aromatic rings. The number of nitrogens with zero attached hydrogens (tertiary/aromatic N) is 1. The van der Waals surface area contributed by atoms with Crippen LogP contribution in [0.5, 0.6) is 0 Å². The number of amides is 1. The Morgan fingerprint density at radius 2 is 1.90 bits per heavy atom. The average Bonchev–Trinajstić information content (AvgIpc) is 2.38. The minimum Gasteiger partial charge on any atom is -0.309 e. The summed E-state index contributed by atoms with van der Waals surface area (Å²) < 4.78 is 1.04. The van der Waals surface area contributed by atoms with Crippen molar-refractivity contribution in [2.24, 2.45) is 0 Å². The number of hydrogen-bond acceptors (Lipinski definition) is 2. The van der Waals surface area contributed by atoms with Gasteiger partial charge in [-0.1, -0.05) is 22.0 Å². The SMILES string of the molecule is Cc1ccc(N2C(=O)CC(C)(C)NCC2(C)C)cc1Br. The van der Waals surface area contributed by atoms with Gasteiger partial charge < -0.3 is 10.2 Å². The van der Waals surface area contributed by atoms with Crippen molar-refractivity contribution < 1.29 is 4.79 Å². The Morgan fingerprint density at radius 1 is 1.25 bits per heavy atom. The first-order valence-electron chi connectivity index (χ1n) is 6.97. The second-order valence-electron chi connectivity index (χ2n) is 6.89. The summed E-state index contributed by atoms with van der Waals surface area (Å²) in [5.74, 6) is 0.167. The molecule has 1 fully saturated rings. The number of benzene rings is 1. The number of rotatable bonds is 1. The van der Waals surface area contributed by atoms with Crippen LogP contribution in [0.1, 0.15) is 39.7 Å². The number of carbonyl (C=O) groups excluding carboxylic acids is 1.